The number of rotatable bonds is 6. The molecule has 0 aliphatic heterocycles. The first kappa shape index (κ1) is 14.6. The Morgan fingerprint density at radius 2 is 2.29 bits per heavy atom. The summed E-state index contributed by atoms with van der Waals surface area (Å²) in [6.07, 6.45) is 2.98. The number of unbranched alkanes of at least 4 members (excludes halogenated alkanes) is 2. The predicted octanol–water partition coefficient (Wildman–Crippen LogP) is 2.70. The molecule has 2 heterocycles. The minimum Gasteiger partial charge on any atom is -0.399 e. The van der Waals surface area contributed by atoms with Crippen molar-refractivity contribution in [1.29, 1.82) is 5.26 Å². The Hall–Kier alpha value is -2.82. The number of aromatic nitrogens is 2. The van der Waals surface area contributed by atoms with Crippen LogP contribution in [0.5, 0.6) is 0 Å². The maximum atomic E-state index is 10.6. The third-order valence-electron chi connectivity index (χ3n) is 3.08. The average molecular weight is 289 g/mol. The van der Waals surface area contributed by atoms with E-state index in [4.69, 9.17) is 10.2 Å². The molecule has 2 N–H and O–H groups in total. The van der Waals surface area contributed by atoms with E-state index in [2.05, 4.69) is 12.0 Å². The lowest BCUT2D eigenvalue weighted by molar-refractivity contribution is -0.401. The molecule has 0 saturated carbocycles. The van der Waals surface area contributed by atoms with Gasteiger partial charge >= 0.3 is 5.88 Å². The lowest BCUT2D eigenvalue weighted by atomic mass is 10.2. The van der Waals surface area contributed by atoms with Crippen LogP contribution in [0.15, 0.2) is 16.5 Å². The molecule has 0 aromatic carbocycles. The highest BCUT2D eigenvalue weighted by atomic mass is 16.6. The van der Waals surface area contributed by atoms with Gasteiger partial charge in [0.1, 0.15) is 28.1 Å². The van der Waals surface area contributed by atoms with E-state index in [0.29, 0.717) is 6.54 Å². The van der Waals surface area contributed by atoms with E-state index < -0.39 is 10.8 Å². The number of nitrogen functional groups attached to an aromatic ring is 1. The molecular weight excluding hydrogens is 274 g/mol. The Morgan fingerprint density at radius 3 is 2.86 bits per heavy atom. The molecule has 0 atom stereocenters. The highest BCUT2D eigenvalue weighted by Crippen LogP contribution is 2.30. The standard InChI is InChI=1S/C13H15N5O3/c1-2-3-4-7-17-13(15)9(8-14)12(16-17)10-5-6-11(21-10)18(19)20/h5-6H,2-4,7,15H2,1H3. The van der Waals surface area contributed by atoms with Gasteiger partial charge in [-0.25, -0.2) is 4.68 Å². The molecule has 21 heavy (non-hydrogen) atoms. The van der Waals surface area contributed by atoms with E-state index in [0.717, 1.165) is 19.3 Å². The topological polar surface area (TPSA) is 124 Å². The van der Waals surface area contributed by atoms with Gasteiger partial charge < -0.3 is 10.2 Å². The fraction of sp³-hybridized carbons (Fsp3) is 0.385. The fourth-order valence-electron chi connectivity index (χ4n) is 1.99. The molecule has 0 radical (unpaired) electrons. The highest BCUT2D eigenvalue weighted by Gasteiger charge is 2.22. The second-order valence-electron chi connectivity index (χ2n) is 4.55. The molecule has 0 spiro atoms. The molecule has 110 valence electrons. The number of aryl methyl sites for hydroxylation is 1. The molecule has 0 fully saturated rings. The number of hydrogen-bond donors (Lipinski definition) is 1. The van der Waals surface area contributed by atoms with Crippen molar-refractivity contribution >= 4 is 11.7 Å². The number of nitrogens with zero attached hydrogens (tertiary/aromatic N) is 4. The maximum Gasteiger partial charge on any atom is 0.433 e. The van der Waals surface area contributed by atoms with Crippen LogP contribution in [-0.4, -0.2) is 14.7 Å². The van der Waals surface area contributed by atoms with Gasteiger partial charge in [0.15, 0.2) is 5.76 Å². The second kappa shape index (κ2) is 6.09. The van der Waals surface area contributed by atoms with Crippen molar-refractivity contribution in [3.63, 3.8) is 0 Å². The summed E-state index contributed by atoms with van der Waals surface area (Å²) in [7, 11) is 0. The molecule has 0 saturated heterocycles. The zero-order chi connectivity index (χ0) is 15.4. The summed E-state index contributed by atoms with van der Waals surface area (Å²) in [5.74, 6) is 0.0230. The van der Waals surface area contributed by atoms with E-state index in [1.807, 2.05) is 6.07 Å². The molecule has 2 aromatic rings. The van der Waals surface area contributed by atoms with Crippen LogP contribution < -0.4 is 5.73 Å². The smallest absolute Gasteiger partial charge is 0.399 e. The Balaban J connectivity index is 2.36. The van der Waals surface area contributed by atoms with E-state index in [1.54, 1.807) is 0 Å². The van der Waals surface area contributed by atoms with Crippen LogP contribution >= 0.6 is 0 Å². The first-order chi connectivity index (χ1) is 10.1. The number of hydrogen-bond acceptors (Lipinski definition) is 6. The van der Waals surface area contributed by atoms with Gasteiger partial charge in [-0.1, -0.05) is 19.8 Å². The van der Waals surface area contributed by atoms with Gasteiger partial charge in [0.05, 0.1) is 6.07 Å². The molecule has 0 amide bonds. The Labute approximate surface area is 120 Å². The van der Waals surface area contributed by atoms with Gasteiger partial charge in [0, 0.05) is 6.54 Å². The van der Waals surface area contributed by atoms with Crippen LogP contribution in [0, 0.1) is 21.4 Å². The summed E-state index contributed by atoms with van der Waals surface area (Å²) in [5.41, 5.74) is 6.32. The number of nitrogens with two attached hydrogens (primary N) is 1. The summed E-state index contributed by atoms with van der Waals surface area (Å²) in [4.78, 5) is 10.0. The van der Waals surface area contributed by atoms with Gasteiger partial charge in [-0.3, -0.25) is 10.1 Å². The minimum atomic E-state index is -0.642. The van der Waals surface area contributed by atoms with Crippen LogP contribution in [0.3, 0.4) is 0 Å². The van der Waals surface area contributed by atoms with Crippen molar-refractivity contribution in [2.75, 3.05) is 5.73 Å². The van der Waals surface area contributed by atoms with Crippen molar-refractivity contribution in [2.24, 2.45) is 0 Å². The zero-order valence-corrected chi connectivity index (χ0v) is 11.6. The summed E-state index contributed by atoms with van der Waals surface area (Å²) >= 11 is 0. The van der Waals surface area contributed by atoms with Gasteiger partial charge in [-0.15, -0.1) is 0 Å². The Bertz CT molecular complexity index is 695. The van der Waals surface area contributed by atoms with E-state index in [9.17, 15) is 15.4 Å². The lowest BCUT2D eigenvalue weighted by Crippen LogP contribution is -2.05. The monoisotopic (exact) mass is 289 g/mol. The fourth-order valence-corrected chi connectivity index (χ4v) is 1.99. The van der Waals surface area contributed by atoms with Gasteiger partial charge in [0.25, 0.3) is 0 Å². The quantitative estimate of drug-likeness (QED) is 0.495. The Morgan fingerprint density at radius 1 is 1.52 bits per heavy atom. The second-order valence-corrected chi connectivity index (χ2v) is 4.55. The third-order valence-corrected chi connectivity index (χ3v) is 3.08. The molecule has 8 nitrogen and oxygen atoms in total. The van der Waals surface area contributed by atoms with Crippen molar-refractivity contribution in [2.45, 2.75) is 32.7 Å². The number of furan rings is 1. The molecular formula is C13H15N5O3. The van der Waals surface area contributed by atoms with E-state index in [1.165, 1.54) is 16.8 Å². The molecule has 2 rings (SSSR count). The molecule has 8 heteroatoms. The van der Waals surface area contributed by atoms with Crippen molar-refractivity contribution in [1.82, 2.24) is 9.78 Å². The van der Waals surface area contributed by atoms with Crippen LogP contribution in [0.4, 0.5) is 11.7 Å². The predicted molar refractivity (Wildman–Crippen MR) is 75.2 cm³/mol. The summed E-state index contributed by atoms with van der Waals surface area (Å²) in [6, 6.07) is 4.61. The molecule has 2 aromatic heterocycles. The molecule has 0 aliphatic rings. The molecule has 0 aliphatic carbocycles. The average Bonchev–Trinajstić information content (AvgIpc) is 3.04. The normalized spacial score (nSPS) is 10.5. The lowest BCUT2D eigenvalue weighted by Gasteiger charge is -2.02. The van der Waals surface area contributed by atoms with Crippen LogP contribution in [0.1, 0.15) is 31.7 Å². The van der Waals surface area contributed by atoms with E-state index in [-0.39, 0.29) is 22.8 Å². The summed E-state index contributed by atoms with van der Waals surface area (Å²) in [5, 5.41) is 24.1. The zero-order valence-electron chi connectivity index (χ0n) is 11.6. The summed E-state index contributed by atoms with van der Waals surface area (Å²) in [6.45, 7) is 2.68. The SMILES string of the molecule is CCCCCn1nc(-c2ccc([N+](=O)[O-])o2)c(C#N)c1N. The van der Waals surface area contributed by atoms with Crippen molar-refractivity contribution < 1.29 is 9.34 Å². The van der Waals surface area contributed by atoms with Crippen LogP contribution in [0.25, 0.3) is 11.5 Å². The van der Waals surface area contributed by atoms with Gasteiger partial charge in [-0.05, 0) is 12.5 Å². The van der Waals surface area contributed by atoms with Crippen molar-refractivity contribution in [3.05, 3.63) is 27.8 Å². The highest BCUT2D eigenvalue weighted by molar-refractivity contribution is 5.69. The largest absolute Gasteiger partial charge is 0.433 e. The van der Waals surface area contributed by atoms with E-state index >= 15 is 0 Å². The molecule has 0 unspecified atom stereocenters. The maximum absolute atomic E-state index is 10.6. The first-order valence-corrected chi connectivity index (χ1v) is 6.59. The van der Waals surface area contributed by atoms with Gasteiger partial charge in [-0.2, -0.15) is 10.4 Å². The van der Waals surface area contributed by atoms with Crippen molar-refractivity contribution in [3.8, 4) is 17.5 Å². The first-order valence-electron chi connectivity index (χ1n) is 6.59. The molecule has 0 bridgehead atoms. The number of nitriles is 1. The number of anilines is 1. The van der Waals surface area contributed by atoms with Crippen LogP contribution in [-0.2, 0) is 6.54 Å². The minimum absolute atomic E-state index is 0.166. The Kier molecular flexibility index (Phi) is 4.23. The summed E-state index contributed by atoms with van der Waals surface area (Å²) < 4.78 is 6.63. The third kappa shape index (κ3) is 2.86. The van der Waals surface area contributed by atoms with Crippen LogP contribution in [0.2, 0.25) is 0 Å². The number of nitro groups is 1. The van der Waals surface area contributed by atoms with Gasteiger partial charge in [0.2, 0.25) is 0 Å².